The third-order valence-electron chi connectivity index (χ3n) is 13.7. The first kappa shape index (κ1) is 41.4. The molecule has 4 aliphatic carbocycles. The minimum atomic E-state index is -0.630. The van der Waals surface area contributed by atoms with Gasteiger partial charge in [0.05, 0.1) is 22.1 Å². The quantitative estimate of drug-likeness (QED) is 0.0798. The number of benzene rings is 3. The van der Waals surface area contributed by atoms with Gasteiger partial charge in [0.15, 0.2) is 0 Å². The van der Waals surface area contributed by atoms with E-state index in [2.05, 4.69) is 50.1 Å². The highest BCUT2D eigenvalue weighted by atomic mass is 32.1. The summed E-state index contributed by atoms with van der Waals surface area (Å²) < 4.78 is 18.5. The van der Waals surface area contributed by atoms with Crippen LogP contribution in [0.3, 0.4) is 0 Å². The summed E-state index contributed by atoms with van der Waals surface area (Å²) in [5.74, 6) is 0.0497. The Hall–Kier alpha value is -5.34. The molecule has 4 saturated carbocycles. The zero-order chi connectivity index (χ0) is 41.9. The number of hydrogen-bond acceptors (Lipinski definition) is 8. The molecule has 0 N–H and O–H groups in total. The lowest BCUT2D eigenvalue weighted by molar-refractivity contribution is 0.00212. The van der Waals surface area contributed by atoms with Crippen molar-refractivity contribution in [3.63, 3.8) is 0 Å². The third kappa shape index (κ3) is 8.76. The number of thiazole rings is 1. The van der Waals surface area contributed by atoms with Gasteiger partial charge in [-0.3, -0.25) is 0 Å². The van der Waals surface area contributed by atoms with E-state index >= 15 is 0 Å². The van der Waals surface area contributed by atoms with Crippen LogP contribution in [0, 0.1) is 30.1 Å². The van der Waals surface area contributed by atoms with Crippen molar-refractivity contribution < 1.29 is 28.6 Å². The van der Waals surface area contributed by atoms with Gasteiger partial charge in [0, 0.05) is 23.9 Å². The number of carbonyl (C=O) groups is 3. The minimum absolute atomic E-state index is 0.108. The predicted molar refractivity (Wildman–Crippen MR) is 236 cm³/mol. The van der Waals surface area contributed by atoms with Gasteiger partial charge in [-0.25, -0.2) is 19.4 Å². The molecule has 3 aromatic carbocycles. The lowest BCUT2D eigenvalue weighted by atomic mass is 9.61. The molecular weight excluding hydrogens is 767 g/mol. The molecule has 0 radical (unpaired) electrons. The van der Waals surface area contributed by atoms with Crippen LogP contribution in [0.2, 0.25) is 0 Å². The van der Waals surface area contributed by atoms with Gasteiger partial charge >= 0.3 is 17.9 Å². The molecule has 0 bridgehead atoms. The maximum absolute atomic E-state index is 13.5. The van der Waals surface area contributed by atoms with Crippen LogP contribution in [0.15, 0.2) is 144 Å². The third-order valence-corrected chi connectivity index (χ3v) is 14.8. The highest BCUT2D eigenvalue weighted by Crippen LogP contribution is 2.60. The Morgan fingerprint density at radius 2 is 1.43 bits per heavy atom. The molecule has 0 aliphatic heterocycles. The lowest BCUT2D eigenvalue weighted by Gasteiger charge is -2.44. The zero-order valence-electron chi connectivity index (χ0n) is 34.9. The topological polar surface area (TPSA) is 91.8 Å². The second-order valence-electron chi connectivity index (χ2n) is 17.5. The van der Waals surface area contributed by atoms with Gasteiger partial charge in [0.25, 0.3) is 0 Å². The zero-order valence-corrected chi connectivity index (χ0v) is 35.7. The van der Waals surface area contributed by atoms with E-state index in [-0.39, 0.29) is 22.7 Å². The molecule has 1 aromatic heterocycles. The predicted octanol–water partition coefficient (Wildman–Crippen LogP) is 11.8. The summed E-state index contributed by atoms with van der Waals surface area (Å²) >= 11 is 1.67. The van der Waals surface area contributed by atoms with E-state index in [4.69, 9.17) is 19.2 Å². The number of aromatic nitrogens is 1. The first-order valence-electron chi connectivity index (χ1n) is 21.5. The summed E-state index contributed by atoms with van der Waals surface area (Å²) in [6.07, 6.45) is 15.7. The van der Waals surface area contributed by atoms with Crippen LogP contribution in [0.5, 0.6) is 0 Å². The van der Waals surface area contributed by atoms with Crippen LogP contribution < -0.4 is 0 Å². The molecule has 1 heterocycles. The van der Waals surface area contributed by atoms with E-state index < -0.39 is 30.3 Å². The highest BCUT2D eigenvalue weighted by Gasteiger charge is 2.55. The van der Waals surface area contributed by atoms with E-state index in [1.807, 2.05) is 73.7 Å². The van der Waals surface area contributed by atoms with Gasteiger partial charge in [-0.05, 0) is 129 Å². The van der Waals surface area contributed by atoms with E-state index in [9.17, 15) is 14.4 Å². The fraction of sp³-hybridized carbons (Fsp3) is 0.385. The summed E-state index contributed by atoms with van der Waals surface area (Å²) in [5, 5.41) is 3.14. The second-order valence-corrected chi connectivity index (χ2v) is 18.4. The van der Waals surface area contributed by atoms with Crippen LogP contribution in [0.1, 0.15) is 113 Å². The molecule has 0 unspecified atom stereocenters. The molecule has 7 nitrogen and oxygen atoms in total. The number of carbonyl (C=O) groups excluding carboxylic acids is 3. The number of esters is 3. The van der Waals surface area contributed by atoms with Crippen molar-refractivity contribution in [1.82, 2.24) is 4.98 Å². The second kappa shape index (κ2) is 17.7. The van der Waals surface area contributed by atoms with Gasteiger partial charge in [-0.1, -0.05) is 98.8 Å². The summed E-state index contributed by atoms with van der Waals surface area (Å²) in [5.41, 5.74) is 5.45. The Morgan fingerprint density at radius 3 is 2.03 bits per heavy atom. The maximum Gasteiger partial charge on any atom is 0.338 e. The number of ether oxygens (including phenoxy) is 3. The summed E-state index contributed by atoms with van der Waals surface area (Å²) in [6.45, 7) is 11.3. The van der Waals surface area contributed by atoms with Crippen LogP contribution in [0.4, 0.5) is 0 Å². The van der Waals surface area contributed by atoms with Gasteiger partial charge in [0.2, 0.25) is 0 Å². The monoisotopic (exact) mass is 821 g/mol. The number of hydrogen-bond donors (Lipinski definition) is 0. The number of nitrogens with zero attached hydrogens (tertiary/aromatic N) is 1. The smallest absolute Gasteiger partial charge is 0.338 e. The molecule has 0 saturated heterocycles. The van der Waals surface area contributed by atoms with Gasteiger partial charge in [-0.2, -0.15) is 0 Å². The molecule has 4 fully saturated rings. The standard InChI is InChI=1S/C52H55NO6S/c1-34(22-27-46(59-49(56)40-19-12-7-13-20-40)52(29-30-52)50-53-35(2)33-60-50)43-25-26-44-37(21-14-28-51(43,44)4)23-24-41-31-42(57-47(54)38-15-8-5-9-16-38)32-45(36(41)3)58-48(55)39-17-10-6-11-18-39/h5-13,15-20,22-24,27,33-34,42-46H,3,14,21,25-26,28-32H2,1-2,4H3/b27-22+,37-23+,41-24-/t34-,42-,43-,44+,45+,46-,51-/m1/s1. The van der Waals surface area contributed by atoms with Crippen molar-refractivity contribution in [2.24, 2.45) is 23.2 Å². The molecule has 4 aromatic rings. The summed E-state index contributed by atoms with van der Waals surface area (Å²) in [7, 11) is 0. The van der Waals surface area contributed by atoms with Crippen molar-refractivity contribution in [2.45, 2.75) is 102 Å². The molecule has 60 heavy (non-hydrogen) atoms. The Morgan fingerprint density at radius 1 is 0.817 bits per heavy atom. The average molecular weight is 822 g/mol. The van der Waals surface area contributed by atoms with Gasteiger partial charge in [0.1, 0.15) is 23.3 Å². The minimum Gasteiger partial charge on any atom is -0.458 e. The van der Waals surface area contributed by atoms with E-state index in [0.29, 0.717) is 41.4 Å². The molecule has 4 aliphatic rings. The first-order chi connectivity index (χ1) is 29.0. The number of fused-ring (bicyclic) bond motifs is 1. The summed E-state index contributed by atoms with van der Waals surface area (Å²) in [6, 6.07) is 27.2. The number of allylic oxidation sites excluding steroid dienone is 4. The Bertz CT molecular complexity index is 2290. The summed E-state index contributed by atoms with van der Waals surface area (Å²) in [4.78, 5) is 44.8. The number of rotatable bonds is 12. The molecular formula is C52H55NO6S. The van der Waals surface area contributed by atoms with E-state index in [0.717, 1.165) is 66.8 Å². The lowest BCUT2D eigenvalue weighted by Crippen LogP contribution is -2.36. The van der Waals surface area contributed by atoms with Crippen LogP contribution in [-0.2, 0) is 19.6 Å². The Kier molecular flexibility index (Phi) is 12.2. The van der Waals surface area contributed by atoms with Crippen molar-refractivity contribution in [1.29, 1.82) is 0 Å². The van der Waals surface area contributed by atoms with E-state index in [1.165, 1.54) is 5.57 Å². The highest BCUT2D eigenvalue weighted by molar-refractivity contribution is 7.09. The molecule has 7 atom stereocenters. The molecule has 0 spiro atoms. The molecule has 8 rings (SSSR count). The van der Waals surface area contributed by atoms with Gasteiger partial charge < -0.3 is 14.2 Å². The fourth-order valence-electron chi connectivity index (χ4n) is 10.2. The van der Waals surface area contributed by atoms with Crippen LogP contribution >= 0.6 is 11.3 Å². The Labute approximate surface area is 358 Å². The maximum atomic E-state index is 13.5. The number of aryl methyl sites for hydroxylation is 1. The van der Waals surface area contributed by atoms with Crippen molar-refractivity contribution in [3.05, 3.63) is 171 Å². The van der Waals surface area contributed by atoms with Crippen molar-refractivity contribution in [2.75, 3.05) is 0 Å². The average Bonchev–Trinajstić information content (AvgIpc) is 3.82. The first-order valence-corrected chi connectivity index (χ1v) is 22.4. The normalized spacial score (nSPS) is 26.9. The molecule has 310 valence electrons. The largest absolute Gasteiger partial charge is 0.458 e. The fourth-order valence-corrected chi connectivity index (χ4v) is 11.3. The van der Waals surface area contributed by atoms with Crippen LogP contribution in [0.25, 0.3) is 0 Å². The molecule has 8 heteroatoms. The van der Waals surface area contributed by atoms with E-state index in [1.54, 1.807) is 35.6 Å². The SMILES string of the molecule is C=C1/C(=C\C=C2/CCC[C@]3(C)[C@@H]([C@H](C)/C=C/[C@@H](OC(=O)c4ccccc4)C4(c5nc(C)cs5)CC4)CC[C@@H]23)C[C@@H](OC(=O)c2ccccc2)C[C@@H]1OC(=O)c1ccccc1. The van der Waals surface area contributed by atoms with Crippen molar-refractivity contribution >= 4 is 29.2 Å². The van der Waals surface area contributed by atoms with Gasteiger partial charge in [-0.15, -0.1) is 11.3 Å². The van der Waals surface area contributed by atoms with Crippen LogP contribution in [-0.4, -0.2) is 41.2 Å². The molecule has 0 amide bonds. The van der Waals surface area contributed by atoms with Crippen molar-refractivity contribution in [3.8, 4) is 0 Å². The Balaban J connectivity index is 1.01.